The number of rotatable bonds is 5. The molecular formula is C12H14ClN3O2. The molecule has 0 aromatic heterocycles. The number of nitrogens with one attached hydrogen (secondary N) is 1. The van der Waals surface area contributed by atoms with Crippen molar-refractivity contribution in [3.05, 3.63) is 34.9 Å². The van der Waals surface area contributed by atoms with Crippen molar-refractivity contribution < 1.29 is 9.63 Å². The fraction of sp³-hybridized carbons (Fsp3) is 0.333. The Hall–Kier alpha value is -1.59. The number of carbonyl (C=O) groups is 1. The van der Waals surface area contributed by atoms with Gasteiger partial charge in [0.1, 0.15) is 11.8 Å². The molecule has 1 aliphatic heterocycles. The summed E-state index contributed by atoms with van der Waals surface area (Å²) in [5.74, 6) is -0.524. The second-order valence-electron chi connectivity index (χ2n) is 4.06. The van der Waals surface area contributed by atoms with E-state index >= 15 is 0 Å². The highest BCUT2D eigenvalue weighted by Crippen LogP contribution is 2.15. The van der Waals surface area contributed by atoms with E-state index in [0.29, 0.717) is 25.2 Å². The largest absolute Gasteiger partial charge is 0.390 e. The van der Waals surface area contributed by atoms with Gasteiger partial charge in [-0.15, -0.1) is 0 Å². The highest BCUT2D eigenvalue weighted by atomic mass is 35.5. The van der Waals surface area contributed by atoms with Gasteiger partial charge < -0.3 is 15.9 Å². The van der Waals surface area contributed by atoms with Gasteiger partial charge in [0.05, 0.1) is 0 Å². The molecule has 2 rings (SSSR count). The van der Waals surface area contributed by atoms with Gasteiger partial charge in [0.15, 0.2) is 0 Å². The van der Waals surface area contributed by atoms with Crippen LogP contribution in [0, 0.1) is 0 Å². The molecule has 0 saturated heterocycles. The van der Waals surface area contributed by atoms with Gasteiger partial charge in [0.25, 0.3) is 5.91 Å². The van der Waals surface area contributed by atoms with E-state index in [4.69, 9.17) is 22.2 Å². The molecule has 0 bridgehead atoms. The number of primary amides is 1. The maximum atomic E-state index is 10.9. The van der Waals surface area contributed by atoms with Gasteiger partial charge in [-0.3, -0.25) is 4.79 Å². The lowest BCUT2D eigenvalue weighted by atomic mass is 10.1. The third-order valence-corrected chi connectivity index (χ3v) is 3.03. The smallest absolute Gasteiger partial charge is 0.266 e. The molecular weight excluding hydrogens is 254 g/mol. The topological polar surface area (TPSA) is 76.7 Å². The molecule has 1 atom stereocenters. The molecule has 0 unspecified atom stereocenters. The molecule has 0 spiro atoms. The molecule has 1 heterocycles. The van der Waals surface area contributed by atoms with Crippen LogP contribution >= 0.6 is 11.6 Å². The molecule has 0 saturated carbocycles. The minimum atomic E-state index is -0.524. The summed E-state index contributed by atoms with van der Waals surface area (Å²) in [5.41, 5.74) is 6.42. The number of halogens is 1. The molecule has 18 heavy (non-hydrogen) atoms. The van der Waals surface area contributed by atoms with Crippen molar-refractivity contribution in [2.45, 2.75) is 19.1 Å². The molecule has 1 aliphatic rings. The first-order valence-corrected chi connectivity index (χ1v) is 6.01. The number of nitrogens with two attached hydrogens (primary N) is 1. The fourth-order valence-electron chi connectivity index (χ4n) is 1.69. The molecule has 96 valence electrons. The maximum Gasteiger partial charge on any atom is 0.266 e. The van der Waals surface area contributed by atoms with Gasteiger partial charge in [0.2, 0.25) is 0 Å². The van der Waals surface area contributed by atoms with Crippen LogP contribution in [0.15, 0.2) is 29.4 Å². The highest BCUT2D eigenvalue weighted by molar-refractivity contribution is 6.38. The zero-order valence-corrected chi connectivity index (χ0v) is 10.5. The number of carbonyl (C=O) groups excluding carboxylic acids is 1. The molecule has 3 N–H and O–H groups in total. The van der Waals surface area contributed by atoms with E-state index in [-0.39, 0.29) is 6.10 Å². The maximum absolute atomic E-state index is 10.9. The summed E-state index contributed by atoms with van der Waals surface area (Å²) in [6.07, 6.45) is 0.306. The zero-order valence-electron chi connectivity index (χ0n) is 9.73. The van der Waals surface area contributed by atoms with Crippen LogP contribution in [0.2, 0.25) is 5.02 Å². The Kier molecular flexibility index (Phi) is 4.17. The highest BCUT2D eigenvalue weighted by Gasteiger charge is 2.23. The van der Waals surface area contributed by atoms with Crippen molar-refractivity contribution in [3.8, 4) is 0 Å². The van der Waals surface area contributed by atoms with Crippen LogP contribution in [-0.4, -0.2) is 24.3 Å². The molecule has 0 radical (unpaired) electrons. The monoisotopic (exact) mass is 267 g/mol. The Bertz CT molecular complexity index is 476. The second kappa shape index (κ2) is 5.84. The Morgan fingerprint density at radius 3 is 3.00 bits per heavy atom. The van der Waals surface area contributed by atoms with Crippen LogP contribution in [0.4, 0.5) is 0 Å². The zero-order chi connectivity index (χ0) is 13.0. The van der Waals surface area contributed by atoms with Crippen LogP contribution in [-0.2, 0) is 16.2 Å². The summed E-state index contributed by atoms with van der Waals surface area (Å²) in [4.78, 5) is 15.9. The number of benzene rings is 1. The summed E-state index contributed by atoms with van der Waals surface area (Å²) in [6.45, 7) is 1.23. The van der Waals surface area contributed by atoms with Crippen molar-refractivity contribution in [2.24, 2.45) is 10.9 Å². The van der Waals surface area contributed by atoms with E-state index in [1.165, 1.54) is 0 Å². The van der Waals surface area contributed by atoms with Crippen LogP contribution in [0.3, 0.4) is 0 Å². The molecule has 1 aromatic rings. The molecule has 0 aliphatic carbocycles. The minimum Gasteiger partial charge on any atom is -0.390 e. The van der Waals surface area contributed by atoms with Crippen LogP contribution in [0.25, 0.3) is 0 Å². The lowest BCUT2D eigenvalue weighted by Gasteiger charge is -2.10. The Balaban J connectivity index is 1.75. The summed E-state index contributed by atoms with van der Waals surface area (Å²) in [6, 6.07) is 7.62. The molecule has 1 amide bonds. The average molecular weight is 268 g/mol. The molecule has 1 aromatic carbocycles. The Morgan fingerprint density at radius 2 is 2.33 bits per heavy atom. The number of amides is 1. The number of hydrogen-bond acceptors (Lipinski definition) is 4. The molecule has 5 nitrogen and oxygen atoms in total. The number of nitrogens with zero attached hydrogens (tertiary/aromatic N) is 1. The van der Waals surface area contributed by atoms with Gasteiger partial charge in [-0.05, 0) is 11.6 Å². The summed E-state index contributed by atoms with van der Waals surface area (Å²) in [7, 11) is 0. The SMILES string of the molecule is NC(=O)C1=NO[C@H](CNCc2ccccc2Cl)C1. The lowest BCUT2D eigenvalue weighted by Crippen LogP contribution is -2.29. The number of hydrogen-bond donors (Lipinski definition) is 2. The standard InChI is InChI=1S/C12H14ClN3O2/c13-10-4-2-1-3-8(10)6-15-7-9-5-11(12(14)17)16-18-9/h1-4,9,15H,5-7H2,(H2,14,17)/t9-/m0/s1. The minimum absolute atomic E-state index is 0.144. The van der Waals surface area contributed by atoms with Crippen molar-refractivity contribution >= 4 is 23.2 Å². The first-order chi connectivity index (χ1) is 8.66. The number of oxime groups is 1. The lowest BCUT2D eigenvalue weighted by molar-refractivity contribution is -0.112. The third-order valence-electron chi connectivity index (χ3n) is 2.66. The van der Waals surface area contributed by atoms with Gasteiger partial charge in [0, 0.05) is 24.5 Å². The Labute approximate surface area is 110 Å². The van der Waals surface area contributed by atoms with Crippen molar-refractivity contribution in [3.63, 3.8) is 0 Å². The van der Waals surface area contributed by atoms with E-state index in [9.17, 15) is 4.79 Å². The molecule has 0 fully saturated rings. The van der Waals surface area contributed by atoms with E-state index in [1.807, 2.05) is 24.3 Å². The van der Waals surface area contributed by atoms with Gasteiger partial charge in [-0.1, -0.05) is 35.0 Å². The van der Waals surface area contributed by atoms with E-state index in [2.05, 4.69) is 10.5 Å². The van der Waals surface area contributed by atoms with E-state index in [0.717, 1.165) is 10.6 Å². The van der Waals surface area contributed by atoms with Crippen LogP contribution < -0.4 is 11.1 Å². The predicted octanol–water partition coefficient (Wildman–Crippen LogP) is 1.06. The summed E-state index contributed by atoms with van der Waals surface area (Å²) in [5, 5.41) is 7.57. The molecule has 6 heteroatoms. The van der Waals surface area contributed by atoms with Crippen LogP contribution in [0.1, 0.15) is 12.0 Å². The van der Waals surface area contributed by atoms with Gasteiger partial charge >= 0.3 is 0 Å². The van der Waals surface area contributed by atoms with E-state index < -0.39 is 5.91 Å². The summed E-state index contributed by atoms with van der Waals surface area (Å²) < 4.78 is 0. The third kappa shape index (κ3) is 3.21. The normalized spacial score (nSPS) is 18.3. The Morgan fingerprint density at radius 1 is 1.56 bits per heavy atom. The van der Waals surface area contributed by atoms with Gasteiger partial charge in [-0.25, -0.2) is 0 Å². The first kappa shape index (κ1) is 12.9. The first-order valence-electron chi connectivity index (χ1n) is 5.63. The van der Waals surface area contributed by atoms with Crippen LogP contribution in [0.5, 0.6) is 0 Å². The average Bonchev–Trinajstić information content (AvgIpc) is 2.80. The summed E-state index contributed by atoms with van der Waals surface area (Å²) >= 11 is 6.03. The predicted molar refractivity (Wildman–Crippen MR) is 69.3 cm³/mol. The van der Waals surface area contributed by atoms with Gasteiger partial charge in [-0.2, -0.15) is 0 Å². The van der Waals surface area contributed by atoms with Crippen molar-refractivity contribution in [1.29, 1.82) is 0 Å². The fourth-order valence-corrected chi connectivity index (χ4v) is 1.90. The van der Waals surface area contributed by atoms with Crippen molar-refractivity contribution in [1.82, 2.24) is 5.32 Å². The second-order valence-corrected chi connectivity index (χ2v) is 4.46. The van der Waals surface area contributed by atoms with E-state index in [1.54, 1.807) is 0 Å². The van der Waals surface area contributed by atoms with Crippen molar-refractivity contribution in [2.75, 3.05) is 6.54 Å². The quantitative estimate of drug-likeness (QED) is 0.837.